The molecule has 0 aliphatic heterocycles. The Hall–Kier alpha value is -3.51. The van der Waals surface area contributed by atoms with E-state index in [9.17, 15) is 4.79 Å². The molecule has 0 saturated heterocycles. The number of nitrogens with one attached hydrogen (secondary N) is 1. The standard InChI is InChI=1S/C26H26ClN3O3/c1-3-18(2)20-6-10-23(11-7-20)32-17-24-12-13-25(33-24)26(31)29-22-14-28-30(16-22)15-19-4-8-21(27)9-5-19/h4-14,16,18H,3,15,17H2,1-2H3,(H,29,31). The van der Waals surface area contributed by atoms with Crippen molar-refractivity contribution in [2.75, 3.05) is 5.32 Å². The molecule has 1 amide bonds. The summed E-state index contributed by atoms with van der Waals surface area (Å²) in [4.78, 5) is 12.5. The maximum absolute atomic E-state index is 12.5. The second kappa shape index (κ2) is 10.4. The predicted molar refractivity (Wildman–Crippen MR) is 129 cm³/mol. The normalized spacial score (nSPS) is 11.8. The Morgan fingerprint density at radius 1 is 1.12 bits per heavy atom. The summed E-state index contributed by atoms with van der Waals surface area (Å²) in [5, 5.41) is 7.78. The molecule has 2 aromatic heterocycles. The number of carbonyl (C=O) groups excluding carboxylic acids is 1. The Morgan fingerprint density at radius 3 is 2.61 bits per heavy atom. The highest BCUT2D eigenvalue weighted by molar-refractivity contribution is 6.30. The van der Waals surface area contributed by atoms with Gasteiger partial charge < -0.3 is 14.5 Å². The summed E-state index contributed by atoms with van der Waals surface area (Å²) >= 11 is 5.92. The highest BCUT2D eigenvalue weighted by Gasteiger charge is 2.13. The Kier molecular flexibility index (Phi) is 7.15. The van der Waals surface area contributed by atoms with E-state index in [-0.39, 0.29) is 18.3 Å². The molecule has 7 heteroatoms. The van der Waals surface area contributed by atoms with E-state index in [1.807, 2.05) is 36.4 Å². The monoisotopic (exact) mass is 463 g/mol. The van der Waals surface area contributed by atoms with Crippen LogP contribution >= 0.6 is 11.6 Å². The maximum atomic E-state index is 12.5. The number of benzene rings is 2. The van der Waals surface area contributed by atoms with Crippen LogP contribution in [0.25, 0.3) is 0 Å². The minimum atomic E-state index is -0.342. The zero-order valence-corrected chi connectivity index (χ0v) is 19.4. The minimum absolute atomic E-state index is 0.214. The molecule has 0 saturated carbocycles. The highest BCUT2D eigenvalue weighted by atomic mass is 35.5. The van der Waals surface area contributed by atoms with Gasteiger partial charge >= 0.3 is 0 Å². The van der Waals surface area contributed by atoms with Gasteiger partial charge in [-0.05, 0) is 59.9 Å². The van der Waals surface area contributed by atoms with E-state index in [1.54, 1.807) is 29.2 Å². The second-order valence-corrected chi connectivity index (χ2v) is 8.38. The Balaban J connectivity index is 1.30. The number of ether oxygens (including phenoxy) is 1. The van der Waals surface area contributed by atoms with Crippen LogP contribution in [0.2, 0.25) is 5.02 Å². The van der Waals surface area contributed by atoms with Crippen molar-refractivity contribution in [2.24, 2.45) is 0 Å². The van der Waals surface area contributed by atoms with E-state index in [2.05, 4.69) is 36.4 Å². The van der Waals surface area contributed by atoms with Gasteiger partial charge in [0.05, 0.1) is 18.4 Å². The topological polar surface area (TPSA) is 69.3 Å². The van der Waals surface area contributed by atoms with E-state index >= 15 is 0 Å². The lowest BCUT2D eigenvalue weighted by Gasteiger charge is -2.10. The van der Waals surface area contributed by atoms with Crippen LogP contribution in [0.5, 0.6) is 5.75 Å². The van der Waals surface area contributed by atoms with Gasteiger partial charge in [0.2, 0.25) is 0 Å². The van der Waals surface area contributed by atoms with E-state index in [4.69, 9.17) is 20.8 Å². The van der Waals surface area contributed by atoms with Crippen LogP contribution in [0.4, 0.5) is 5.69 Å². The molecule has 1 N–H and O–H groups in total. The van der Waals surface area contributed by atoms with Gasteiger partial charge in [0.1, 0.15) is 18.1 Å². The first kappa shape index (κ1) is 22.7. The molecule has 2 aromatic carbocycles. The molecule has 0 aliphatic carbocycles. The van der Waals surface area contributed by atoms with Gasteiger partial charge in [-0.15, -0.1) is 0 Å². The fourth-order valence-corrected chi connectivity index (χ4v) is 3.47. The lowest BCUT2D eigenvalue weighted by Crippen LogP contribution is -2.10. The minimum Gasteiger partial charge on any atom is -0.486 e. The molecule has 6 nitrogen and oxygen atoms in total. The zero-order chi connectivity index (χ0) is 23.2. The largest absolute Gasteiger partial charge is 0.486 e. The summed E-state index contributed by atoms with van der Waals surface area (Å²) in [5.41, 5.74) is 2.94. The van der Waals surface area contributed by atoms with Crippen molar-refractivity contribution in [3.05, 3.63) is 101 Å². The Morgan fingerprint density at radius 2 is 1.88 bits per heavy atom. The van der Waals surface area contributed by atoms with Crippen LogP contribution in [-0.4, -0.2) is 15.7 Å². The highest BCUT2D eigenvalue weighted by Crippen LogP contribution is 2.22. The maximum Gasteiger partial charge on any atom is 0.291 e. The van der Waals surface area contributed by atoms with E-state index < -0.39 is 0 Å². The second-order valence-electron chi connectivity index (χ2n) is 7.94. The van der Waals surface area contributed by atoms with Crippen LogP contribution in [0, 0.1) is 0 Å². The number of furan rings is 1. The van der Waals surface area contributed by atoms with Crippen LogP contribution in [0.1, 0.15) is 53.6 Å². The number of carbonyl (C=O) groups is 1. The van der Waals surface area contributed by atoms with Crippen molar-refractivity contribution in [3.63, 3.8) is 0 Å². The summed E-state index contributed by atoms with van der Waals surface area (Å²) in [5.74, 6) is 1.73. The van der Waals surface area contributed by atoms with Gasteiger partial charge in [0.25, 0.3) is 5.91 Å². The molecule has 2 heterocycles. The van der Waals surface area contributed by atoms with Gasteiger partial charge in [-0.2, -0.15) is 5.10 Å². The fourth-order valence-electron chi connectivity index (χ4n) is 3.34. The summed E-state index contributed by atoms with van der Waals surface area (Å²) < 4.78 is 13.2. The van der Waals surface area contributed by atoms with E-state index in [0.717, 1.165) is 17.7 Å². The van der Waals surface area contributed by atoms with Crippen LogP contribution < -0.4 is 10.1 Å². The molecule has 33 heavy (non-hydrogen) atoms. The predicted octanol–water partition coefficient (Wildman–Crippen LogP) is 6.52. The van der Waals surface area contributed by atoms with Crippen molar-refractivity contribution in [2.45, 2.75) is 39.3 Å². The number of hydrogen-bond donors (Lipinski definition) is 1. The van der Waals surface area contributed by atoms with Crippen LogP contribution in [0.15, 0.2) is 77.5 Å². The van der Waals surface area contributed by atoms with Crippen molar-refractivity contribution in [3.8, 4) is 5.75 Å². The molecule has 0 bridgehead atoms. The lowest BCUT2D eigenvalue weighted by atomic mass is 9.99. The molecule has 0 radical (unpaired) electrons. The molecule has 4 rings (SSSR count). The third kappa shape index (κ3) is 6.05. The third-order valence-electron chi connectivity index (χ3n) is 5.48. The van der Waals surface area contributed by atoms with E-state index in [0.29, 0.717) is 28.9 Å². The smallest absolute Gasteiger partial charge is 0.291 e. The molecule has 0 spiro atoms. The summed E-state index contributed by atoms with van der Waals surface area (Å²) in [6.45, 7) is 5.20. The van der Waals surface area contributed by atoms with Gasteiger partial charge in [-0.3, -0.25) is 9.48 Å². The molecule has 1 unspecified atom stereocenters. The summed E-state index contributed by atoms with van der Waals surface area (Å²) in [6, 6.07) is 19.0. The molecule has 1 atom stereocenters. The molecule has 170 valence electrons. The number of halogens is 1. The SMILES string of the molecule is CCC(C)c1ccc(OCc2ccc(C(=O)Nc3cnn(Cc4ccc(Cl)cc4)c3)o2)cc1. The van der Waals surface area contributed by atoms with Crippen molar-refractivity contribution in [1.29, 1.82) is 0 Å². The van der Waals surface area contributed by atoms with Gasteiger partial charge in [0.15, 0.2) is 5.76 Å². The average Bonchev–Trinajstić information content (AvgIpc) is 3.48. The first-order valence-corrected chi connectivity index (χ1v) is 11.3. The third-order valence-corrected chi connectivity index (χ3v) is 5.73. The average molecular weight is 464 g/mol. The van der Waals surface area contributed by atoms with Gasteiger partial charge in [0, 0.05) is 11.2 Å². The number of aromatic nitrogens is 2. The van der Waals surface area contributed by atoms with Crippen LogP contribution in [-0.2, 0) is 13.2 Å². The quantitative estimate of drug-likeness (QED) is 0.306. The molecule has 4 aromatic rings. The number of hydrogen-bond acceptors (Lipinski definition) is 4. The summed E-state index contributed by atoms with van der Waals surface area (Å²) in [6.07, 6.45) is 4.47. The number of amides is 1. The Bertz CT molecular complexity index is 1200. The molecular formula is C26H26ClN3O3. The first-order valence-electron chi connectivity index (χ1n) is 10.9. The van der Waals surface area contributed by atoms with Crippen molar-refractivity contribution < 1.29 is 13.9 Å². The fraction of sp³-hybridized carbons (Fsp3) is 0.231. The lowest BCUT2D eigenvalue weighted by molar-refractivity contribution is 0.0992. The molecule has 0 fully saturated rings. The van der Waals surface area contributed by atoms with Crippen molar-refractivity contribution >= 4 is 23.2 Å². The molecule has 0 aliphatic rings. The first-order chi connectivity index (χ1) is 16.0. The van der Waals surface area contributed by atoms with E-state index in [1.165, 1.54) is 5.56 Å². The number of rotatable bonds is 9. The molecular weight excluding hydrogens is 438 g/mol. The van der Waals surface area contributed by atoms with Crippen molar-refractivity contribution in [1.82, 2.24) is 9.78 Å². The summed E-state index contributed by atoms with van der Waals surface area (Å²) in [7, 11) is 0. The van der Waals surface area contributed by atoms with Crippen LogP contribution in [0.3, 0.4) is 0 Å². The Labute approximate surface area is 198 Å². The number of anilines is 1. The number of nitrogens with zero attached hydrogens (tertiary/aromatic N) is 2. The van der Waals surface area contributed by atoms with Gasteiger partial charge in [-0.25, -0.2) is 0 Å². The zero-order valence-electron chi connectivity index (χ0n) is 18.6. The van der Waals surface area contributed by atoms with Gasteiger partial charge in [-0.1, -0.05) is 49.7 Å².